The van der Waals surface area contributed by atoms with E-state index in [-0.39, 0.29) is 6.03 Å². The number of nitrogens with zero attached hydrogens (tertiary/aromatic N) is 2. The number of pyridine rings is 1. The first-order valence-corrected chi connectivity index (χ1v) is 8.71. The molecule has 0 aliphatic carbocycles. The van der Waals surface area contributed by atoms with Crippen LogP contribution in [0.25, 0.3) is 0 Å². The number of carbonyl (C=O) groups is 1. The van der Waals surface area contributed by atoms with Crippen molar-refractivity contribution in [3.8, 4) is 11.5 Å². The fourth-order valence-corrected chi connectivity index (χ4v) is 3.08. The molecule has 132 valence electrons. The zero-order chi connectivity index (χ0) is 17.5. The van der Waals surface area contributed by atoms with E-state index in [9.17, 15) is 4.79 Å². The quantitative estimate of drug-likeness (QED) is 0.845. The summed E-state index contributed by atoms with van der Waals surface area (Å²) in [7, 11) is 0. The molecule has 1 aromatic carbocycles. The normalized spacial score (nSPS) is 17.2. The Hall–Kier alpha value is -2.60. The Bertz CT molecular complexity index is 676. The van der Waals surface area contributed by atoms with Crippen molar-refractivity contribution in [2.75, 3.05) is 25.0 Å². The lowest BCUT2D eigenvalue weighted by Gasteiger charge is -2.22. The number of rotatable bonds is 6. The predicted octanol–water partition coefficient (Wildman–Crippen LogP) is 3.48. The van der Waals surface area contributed by atoms with Gasteiger partial charge in [-0.15, -0.1) is 0 Å². The van der Waals surface area contributed by atoms with E-state index in [1.54, 1.807) is 12.4 Å². The molecule has 1 fully saturated rings. The van der Waals surface area contributed by atoms with Crippen LogP contribution in [0.5, 0.6) is 11.5 Å². The number of hydrogen-bond acceptors (Lipinski definition) is 4. The summed E-state index contributed by atoms with van der Waals surface area (Å²) in [5.41, 5.74) is 0.731. The molecule has 3 rings (SSSR count). The maximum absolute atomic E-state index is 12.1. The molecule has 6 heteroatoms. The van der Waals surface area contributed by atoms with Gasteiger partial charge in [0.05, 0.1) is 6.20 Å². The second-order valence-corrected chi connectivity index (χ2v) is 6.07. The highest BCUT2D eigenvalue weighted by Crippen LogP contribution is 2.22. The number of hydrogen-bond donors (Lipinski definition) is 2. The maximum atomic E-state index is 12.1. The van der Waals surface area contributed by atoms with Gasteiger partial charge >= 0.3 is 6.03 Å². The van der Waals surface area contributed by atoms with Crippen LogP contribution in [-0.4, -0.2) is 41.6 Å². The summed E-state index contributed by atoms with van der Waals surface area (Å²) in [6.45, 7) is 5.00. The van der Waals surface area contributed by atoms with E-state index in [0.717, 1.165) is 25.2 Å². The number of likely N-dealkylation sites (tertiary alicyclic amines) is 1. The van der Waals surface area contributed by atoms with Gasteiger partial charge in [0.1, 0.15) is 11.5 Å². The molecule has 0 radical (unpaired) electrons. The molecule has 6 nitrogen and oxygen atoms in total. The summed E-state index contributed by atoms with van der Waals surface area (Å²) in [6, 6.07) is 11.2. The van der Waals surface area contributed by atoms with Crippen molar-refractivity contribution in [3.63, 3.8) is 0 Å². The van der Waals surface area contributed by atoms with Crippen molar-refractivity contribution in [2.24, 2.45) is 0 Å². The molecule has 1 atom stereocenters. The molecule has 0 saturated carbocycles. The number of anilines is 1. The second kappa shape index (κ2) is 8.48. The van der Waals surface area contributed by atoms with Crippen LogP contribution in [0.1, 0.15) is 19.8 Å². The van der Waals surface area contributed by atoms with Gasteiger partial charge in [0.15, 0.2) is 0 Å². The average Bonchev–Trinajstić information content (AvgIpc) is 3.10. The van der Waals surface area contributed by atoms with Gasteiger partial charge in [0.25, 0.3) is 0 Å². The first-order valence-electron chi connectivity index (χ1n) is 8.71. The van der Waals surface area contributed by atoms with Gasteiger partial charge in [0, 0.05) is 24.5 Å². The van der Waals surface area contributed by atoms with E-state index in [0.29, 0.717) is 24.1 Å². The fraction of sp³-hybridized carbons (Fsp3) is 0.368. The number of carbonyl (C=O) groups excluding carboxylic acids is 1. The average molecular weight is 340 g/mol. The largest absolute Gasteiger partial charge is 0.456 e. The van der Waals surface area contributed by atoms with Crippen molar-refractivity contribution in [2.45, 2.75) is 25.8 Å². The van der Waals surface area contributed by atoms with E-state index >= 15 is 0 Å². The molecule has 2 aromatic rings. The predicted molar refractivity (Wildman–Crippen MR) is 98.0 cm³/mol. The molecule has 2 amide bonds. The van der Waals surface area contributed by atoms with Gasteiger partial charge in [-0.05, 0) is 62.3 Å². The molecule has 1 aromatic heterocycles. The van der Waals surface area contributed by atoms with Crippen LogP contribution >= 0.6 is 0 Å². The Morgan fingerprint density at radius 3 is 2.84 bits per heavy atom. The molecule has 0 bridgehead atoms. The third kappa shape index (κ3) is 4.93. The number of benzene rings is 1. The van der Waals surface area contributed by atoms with Gasteiger partial charge in [-0.25, -0.2) is 4.79 Å². The third-order valence-corrected chi connectivity index (χ3v) is 4.39. The Labute approximate surface area is 148 Å². The second-order valence-electron chi connectivity index (χ2n) is 6.07. The smallest absolute Gasteiger partial charge is 0.319 e. The summed E-state index contributed by atoms with van der Waals surface area (Å²) in [6.07, 6.45) is 5.71. The Morgan fingerprint density at radius 2 is 2.12 bits per heavy atom. The van der Waals surface area contributed by atoms with Crippen LogP contribution < -0.4 is 15.4 Å². The zero-order valence-corrected chi connectivity index (χ0v) is 14.4. The van der Waals surface area contributed by atoms with Gasteiger partial charge in [-0.1, -0.05) is 6.92 Å². The molecule has 0 spiro atoms. The third-order valence-electron chi connectivity index (χ3n) is 4.39. The monoisotopic (exact) mass is 340 g/mol. The van der Waals surface area contributed by atoms with Gasteiger partial charge in [-0.2, -0.15) is 0 Å². The van der Waals surface area contributed by atoms with Crippen LogP contribution in [0.15, 0.2) is 48.8 Å². The first-order chi connectivity index (χ1) is 12.2. The minimum absolute atomic E-state index is 0.177. The first kappa shape index (κ1) is 17.2. The highest BCUT2D eigenvalue weighted by atomic mass is 16.5. The minimum Gasteiger partial charge on any atom is -0.456 e. The minimum atomic E-state index is -0.177. The number of urea groups is 1. The molecule has 2 N–H and O–H groups in total. The topological polar surface area (TPSA) is 66.5 Å². The van der Waals surface area contributed by atoms with Crippen molar-refractivity contribution < 1.29 is 9.53 Å². The lowest BCUT2D eigenvalue weighted by Crippen LogP contribution is -2.41. The van der Waals surface area contributed by atoms with Crippen molar-refractivity contribution in [1.82, 2.24) is 15.2 Å². The Balaban J connectivity index is 1.47. The van der Waals surface area contributed by atoms with E-state index in [1.165, 1.54) is 6.42 Å². The van der Waals surface area contributed by atoms with Crippen molar-refractivity contribution in [3.05, 3.63) is 48.8 Å². The number of likely N-dealkylation sites (N-methyl/N-ethyl adjacent to an activating group) is 1. The standard InChI is InChI=1S/C19H24N4O2/c1-2-23-12-4-5-16(23)13-21-19(24)22-15-7-9-17(10-8-15)25-18-6-3-11-20-14-18/h3,6-11,14,16H,2,4-5,12-13H2,1H3,(H2,21,22,24)/t16-/m0/s1. The highest BCUT2D eigenvalue weighted by molar-refractivity contribution is 5.89. The summed E-state index contributed by atoms with van der Waals surface area (Å²) in [5, 5.41) is 5.81. The summed E-state index contributed by atoms with van der Waals surface area (Å²) >= 11 is 0. The van der Waals surface area contributed by atoms with Gasteiger partial charge in [0.2, 0.25) is 0 Å². The molecule has 25 heavy (non-hydrogen) atoms. The number of ether oxygens (including phenoxy) is 1. The van der Waals surface area contributed by atoms with Crippen molar-refractivity contribution >= 4 is 11.7 Å². The molecule has 1 saturated heterocycles. The van der Waals surface area contributed by atoms with Crippen molar-refractivity contribution in [1.29, 1.82) is 0 Å². The molecule has 2 heterocycles. The number of aromatic nitrogens is 1. The number of amides is 2. The summed E-state index contributed by atoms with van der Waals surface area (Å²) < 4.78 is 5.68. The van der Waals surface area contributed by atoms with E-state index in [2.05, 4.69) is 27.4 Å². The lowest BCUT2D eigenvalue weighted by atomic mass is 10.2. The van der Waals surface area contributed by atoms with Crippen LogP contribution in [0.4, 0.5) is 10.5 Å². The maximum Gasteiger partial charge on any atom is 0.319 e. The van der Waals surface area contributed by atoms with Crippen LogP contribution in [0.2, 0.25) is 0 Å². The molecule has 1 aliphatic rings. The Kier molecular flexibility index (Phi) is 5.85. The van der Waals surface area contributed by atoms with Crippen LogP contribution in [0.3, 0.4) is 0 Å². The molecular formula is C19H24N4O2. The van der Waals surface area contributed by atoms with E-state index < -0.39 is 0 Å². The highest BCUT2D eigenvalue weighted by Gasteiger charge is 2.22. The van der Waals surface area contributed by atoms with Gasteiger partial charge in [-0.3, -0.25) is 9.88 Å². The van der Waals surface area contributed by atoms with Gasteiger partial charge < -0.3 is 15.4 Å². The molecular weight excluding hydrogens is 316 g/mol. The molecule has 1 aliphatic heterocycles. The Morgan fingerprint density at radius 1 is 1.28 bits per heavy atom. The lowest BCUT2D eigenvalue weighted by molar-refractivity contribution is 0.238. The van der Waals surface area contributed by atoms with E-state index in [1.807, 2.05) is 36.4 Å². The zero-order valence-electron chi connectivity index (χ0n) is 14.4. The van der Waals surface area contributed by atoms with Crippen LogP contribution in [0, 0.1) is 0 Å². The molecule has 0 unspecified atom stereocenters. The fourth-order valence-electron chi connectivity index (χ4n) is 3.08. The summed E-state index contributed by atoms with van der Waals surface area (Å²) in [4.78, 5) is 18.5. The summed E-state index contributed by atoms with van der Waals surface area (Å²) in [5.74, 6) is 1.38. The SMILES string of the molecule is CCN1CCC[C@H]1CNC(=O)Nc1ccc(Oc2cccnc2)cc1. The number of nitrogens with one attached hydrogen (secondary N) is 2. The van der Waals surface area contributed by atoms with Crippen LogP contribution in [-0.2, 0) is 0 Å². The van der Waals surface area contributed by atoms with E-state index in [4.69, 9.17) is 4.74 Å².